The molecule has 1 aromatic rings. The van der Waals surface area contributed by atoms with Gasteiger partial charge in [0.25, 0.3) is 5.91 Å². The summed E-state index contributed by atoms with van der Waals surface area (Å²) >= 11 is 0. The standard InChI is InChI=1S/C26H45N3O5.ClH/c1-7-8-11-29-26(32)18(4)12-22(30)21(27)15-20(17(2)3)13-19-9-10-23(33-6)24(14-19)34-16-25(31)28-5;/h9-10,14,17-18,20-22,30H,7-8,11-13,15-16,27H2,1-6H3,(H,28,31)(H,29,32);1H/t18-,20+,21+,22+;/m1./s1. The number of aliphatic hydroxyl groups is 1. The molecule has 0 saturated heterocycles. The lowest BCUT2D eigenvalue weighted by atomic mass is 9.82. The molecule has 202 valence electrons. The highest BCUT2D eigenvalue weighted by Crippen LogP contribution is 2.31. The summed E-state index contributed by atoms with van der Waals surface area (Å²) < 4.78 is 11.0. The zero-order chi connectivity index (χ0) is 25.7. The van der Waals surface area contributed by atoms with Gasteiger partial charge >= 0.3 is 0 Å². The molecule has 0 heterocycles. The molecular formula is C26H46ClN3O5. The highest BCUT2D eigenvalue weighted by molar-refractivity contribution is 5.85. The Hall–Kier alpha value is -2.03. The van der Waals surface area contributed by atoms with Crippen LogP contribution in [0.3, 0.4) is 0 Å². The van der Waals surface area contributed by atoms with E-state index in [1.807, 2.05) is 25.1 Å². The van der Waals surface area contributed by atoms with Crippen LogP contribution in [0, 0.1) is 17.8 Å². The predicted molar refractivity (Wildman–Crippen MR) is 142 cm³/mol. The molecule has 9 heteroatoms. The van der Waals surface area contributed by atoms with Crippen molar-refractivity contribution in [1.29, 1.82) is 0 Å². The lowest BCUT2D eigenvalue weighted by molar-refractivity contribution is -0.125. The molecular weight excluding hydrogens is 470 g/mol. The first-order chi connectivity index (χ1) is 16.1. The number of carbonyl (C=O) groups is 2. The Morgan fingerprint density at radius 3 is 2.40 bits per heavy atom. The average Bonchev–Trinajstić information content (AvgIpc) is 2.81. The number of methoxy groups -OCH3 is 1. The Kier molecular flexibility index (Phi) is 16.4. The van der Waals surface area contributed by atoms with Gasteiger partial charge in [0.1, 0.15) is 0 Å². The molecule has 4 atom stereocenters. The molecule has 0 aliphatic rings. The zero-order valence-corrected chi connectivity index (χ0v) is 23.0. The van der Waals surface area contributed by atoms with E-state index in [9.17, 15) is 14.7 Å². The topological polar surface area (TPSA) is 123 Å². The van der Waals surface area contributed by atoms with E-state index in [0.717, 1.165) is 24.8 Å². The van der Waals surface area contributed by atoms with Gasteiger partial charge < -0.3 is 30.9 Å². The number of likely N-dealkylation sites (N-methyl/N-ethyl adjacent to an activating group) is 1. The van der Waals surface area contributed by atoms with Gasteiger partial charge in [0.2, 0.25) is 5.91 Å². The zero-order valence-electron chi connectivity index (χ0n) is 22.1. The van der Waals surface area contributed by atoms with Gasteiger partial charge in [-0.3, -0.25) is 9.59 Å². The minimum atomic E-state index is -0.754. The summed E-state index contributed by atoms with van der Waals surface area (Å²) in [6.07, 6.45) is 2.92. The molecule has 35 heavy (non-hydrogen) atoms. The molecule has 0 saturated carbocycles. The molecule has 0 aliphatic carbocycles. The maximum Gasteiger partial charge on any atom is 0.257 e. The molecule has 1 aromatic carbocycles. The van der Waals surface area contributed by atoms with Crippen molar-refractivity contribution >= 4 is 24.2 Å². The van der Waals surface area contributed by atoms with Gasteiger partial charge in [0.15, 0.2) is 18.1 Å². The number of ether oxygens (including phenoxy) is 2. The first kappa shape index (κ1) is 33.0. The maximum absolute atomic E-state index is 12.2. The number of halogens is 1. The number of rotatable bonds is 16. The van der Waals surface area contributed by atoms with E-state index in [-0.39, 0.29) is 42.7 Å². The molecule has 0 fully saturated rings. The Bertz CT molecular complexity index is 763. The Morgan fingerprint density at radius 2 is 1.83 bits per heavy atom. The van der Waals surface area contributed by atoms with Crippen LogP contribution in [-0.2, 0) is 16.0 Å². The van der Waals surface area contributed by atoms with Crippen molar-refractivity contribution in [2.75, 3.05) is 27.3 Å². The van der Waals surface area contributed by atoms with Gasteiger partial charge in [0, 0.05) is 25.6 Å². The highest BCUT2D eigenvalue weighted by atomic mass is 35.5. The van der Waals surface area contributed by atoms with Crippen molar-refractivity contribution < 1.29 is 24.2 Å². The number of nitrogens with one attached hydrogen (secondary N) is 2. The molecule has 0 spiro atoms. The Morgan fingerprint density at radius 1 is 1.14 bits per heavy atom. The van der Waals surface area contributed by atoms with Gasteiger partial charge in [0.05, 0.1) is 13.2 Å². The number of nitrogens with two attached hydrogens (primary N) is 1. The van der Waals surface area contributed by atoms with Crippen LogP contribution >= 0.6 is 12.4 Å². The number of aliphatic hydroxyl groups excluding tert-OH is 1. The molecule has 2 amide bonds. The van der Waals surface area contributed by atoms with E-state index in [4.69, 9.17) is 15.2 Å². The minimum absolute atomic E-state index is 0. The van der Waals surface area contributed by atoms with Crippen LogP contribution in [0.2, 0.25) is 0 Å². The van der Waals surface area contributed by atoms with Crippen molar-refractivity contribution in [2.24, 2.45) is 23.5 Å². The van der Waals surface area contributed by atoms with Crippen molar-refractivity contribution in [3.05, 3.63) is 23.8 Å². The summed E-state index contributed by atoms with van der Waals surface area (Å²) in [5.41, 5.74) is 7.42. The van der Waals surface area contributed by atoms with Crippen molar-refractivity contribution in [2.45, 2.75) is 71.9 Å². The van der Waals surface area contributed by atoms with Gasteiger partial charge in [-0.05, 0) is 55.2 Å². The lowest BCUT2D eigenvalue weighted by Gasteiger charge is -2.28. The van der Waals surface area contributed by atoms with Gasteiger partial charge in [-0.25, -0.2) is 0 Å². The number of hydrogen-bond acceptors (Lipinski definition) is 6. The largest absolute Gasteiger partial charge is 0.493 e. The third-order valence-corrected chi connectivity index (χ3v) is 6.25. The van der Waals surface area contributed by atoms with Gasteiger partial charge in [-0.2, -0.15) is 0 Å². The Labute approximate surface area is 217 Å². The van der Waals surface area contributed by atoms with E-state index in [1.165, 1.54) is 0 Å². The van der Waals surface area contributed by atoms with Crippen LogP contribution in [0.25, 0.3) is 0 Å². The first-order valence-corrected chi connectivity index (χ1v) is 12.3. The summed E-state index contributed by atoms with van der Waals surface area (Å²) in [7, 11) is 3.12. The second-order valence-corrected chi connectivity index (χ2v) is 9.40. The number of carbonyl (C=O) groups excluding carboxylic acids is 2. The van der Waals surface area contributed by atoms with E-state index < -0.39 is 12.1 Å². The number of benzene rings is 1. The second-order valence-electron chi connectivity index (χ2n) is 9.40. The van der Waals surface area contributed by atoms with Crippen LogP contribution in [0.5, 0.6) is 11.5 Å². The summed E-state index contributed by atoms with van der Waals surface area (Å²) in [4.78, 5) is 23.8. The van der Waals surface area contributed by atoms with Crippen LogP contribution in [0.1, 0.15) is 58.9 Å². The lowest BCUT2D eigenvalue weighted by Crippen LogP contribution is -2.41. The van der Waals surface area contributed by atoms with Crippen LogP contribution < -0.4 is 25.8 Å². The van der Waals surface area contributed by atoms with E-state index in [0.29, 0.717) is 36.8 Å². The number of unbranched alkanes of at least 4 members (excludes halogenated alkanes) is 1. The molecule has 1 rings (SSSR count). The summed E-state index contributed by atoms with van der Waals surface area (Å²) in [5.74, 6) is 1.08. The van der Waals surface area contributed by atoms with Crippen LogP contribution in [-0.4, -0.2) is 56.4 Å². The number of hydrogen-bond donors (Lipinski definition) is 4. The van der Waals surface area contributed by atoms with Gasteiger partial charge in [-0.1, -0.05) is 40.2 Å². The molecule has 5 N–H and O–H groups in total. The van der Waals surface area contributed by atoms with E-state index in [1.54, 1.807) is 14.2 Å². The summed E-state index contributed by atoms with van der Waals surface area (Å²) in [6.45, 7) is 8.75. The Balaban J connectivity index is 0.0000116. The fraction of sp³-hybridized carbons (Fsp3) is 0.692. The van der Waals surface area contributed by atoms with Crippen LogP contribution in [0.4, 0.5) is 0 Å². The molecule has 0 unspecified atom stereocenters. The summed E-state index contributed by atoms with van der Waals surface area (Å²) in [5, 5.41) is 16.1. The third-order valence-electron chi connectivity index (χ3n) is 6.25. The van der Waals surface area contributed by atoms with Gasteiger partial charge in [-0.15, -0.1) is 12.4 Å². The van der Waals surface area contributed by atoms with Crippen molar-refractivity contribution in [1.82, 2.24) is 10.6 Å². The number of amides is 2. The normalized spacial score (nSPS) is 14.3. The third kappa shape index (κ3) is 12.0. The van der Waals surface area contributed by atoms with E-state index in [2.05, 4.69) is 31.4 Å². The van der Waals surface area contributed by atoms with Crippen molar-refractivity contribution in [3.8, 4) is 11.5 Å². The maximum atomic E-state index is 12.2. The molecule has 0 radical (unpaired) electrons. The van der Waals surface area contributed by atoms with Crippen molar-refractivity contribution in [3.63, 3.8) is 0 Å². The highest BCUT2D eigenvalue weighted by Gasteiger charge is 2.26. The van der Waals surface area contributed by atoms with E-state index >= 15 is 0 Å². The molecule has 0 bridgehead atoms. The minimum Gasteiger partial charge on any atom is -0.493 e. The SMILES string of the molecule is CCCCNC(=O)[C@H](C)C[C@H](O)[C@@H](N)C[C@H](Cc1ccc(OC)c(OCC(=O)NC)c1)C(C)C.Cl. The monoisotopic (exact) mass is 515 g/mol. The van der Waals surface area contributed by atoms with Crippen LogP contribution in [0.15, 0.2) is 18.2 Å². The fourth-order valence-corrected chi connectivity index (χ4v) is 3.78. The average molecular weight is 516 g/mol. The molecule has 8 nitrogen and oxygen atoms in total. The summed E-state index contributed by atoms with van der Waals surface area (Å²) in [6, 6.07) is 5.27. The fourth-order valence-electron chi connectivity index (χ4n) is 3.78. The smallest absolute Gasteiger partial charge is 0.257 e. The molecule has 0 aromatic heterocycles. The quantitative estimate of drug-likeness (QED) is 0.251. The second kappa shape index (κ2) is 17.4. The predicted octanol–water partition coefficient (Wildman–Crippen LogP) is 3.08. The first-order valence-electron chi connectivity index (χ1n) is 12.3. The molecule has 0 aliphatic heterocycles.